The van der Waals surface area contributed by atoms with Gasteiger partial charge in [-0.2, -0.15) is 0 Å². The van der Waals surface area contributed by atoms with Gasteiger partial charge >= 0.3 is 0 Å². The fourth-order valence-corrected chi connectivity index (χ4v) is 3.94. The molecule has 1 heterocycles. The van der Waals surface area contributed by atoms with Crippen LogP contribution in [0.3, 0.4) is 0 Å². The van der Waals surface area contributed by atoms with Crippen LogP contribution < -0.4 is 20.1 Å². The van der Waals surface area contributed by atoms with E-state index in [4.69, 9.17) is 10.5 Å². The van der Waals surface area contributed by atoms with Crippen LogP contribution in [0.25, 0.3) is 0 Å². The summed E-state index contributed by atoms with van der Waals surface area (Å²) in [6.45, 7) is 2.16. The lowest BCUT2D eigenvalue weighted by molar-refractivity contribution is -0.119. The maximum absolute atomic E-state index is 12.5. The van der Waals surface area contributed by atoms with Gasteiger partial charge in [0.1, 0.15) is 17.5 Å². The van der Waals surface area contributed by atoms with Gasteiger partial charge in [-0.05, 0) is 55.0 Å². The second-order valence-corrected chi connectivity index (χ2v) is 9.31. The molecule has 1 atom stereocenters. The Kier molecular flexibility index (Phi) is 7.45. The molecule has 0 fully saturated rings. The number of aromatic nitrogens is 1. The molecular weight excluding hydrogens is 428 g/mol. The first-order valence-electron chi connectivity index (χ1n) is 9.96. The SMILES string of the molecule is Cc1ccc(Oc2ccc(N(C[C@H](NCc3cccnc3)C(N)=O)S(C)(=O)=O)cc2)cc1. The fourth-order valence-electron chi connectivity index (χ4n) is 3.02. The molecule has 0 unspecified atom stereocenters. The molecule has 0 aliphatic carbocycles. The van der Waals surface area contributed by atoms with Crippen LogP contribution >= 0.6 is 0 Å². The Bertz CT molecular complexity index is 1130. The van der Waals surface area contributed by atoms with Gasteiger partial charge in [0, 0.05) is 18.9 Å². The number of hydrogen-bond donors (Lipinski definition) is 2. The number of amides is 1. The molecule has 0 bridgehead atoms. The Labute approximate surface area is 188 Å². The maximum atomic E-state index is 12.5. The lowest BCUT2D eigenvalue weighted by atomic mass is 10.2. The molecule has 0 saturated heterocycles. The highest BCUT2D eigenvalue weighted by Gasteiger charge is 2.25. The van der Waals surface area contributed by atoms with Crippen molar-refractivity contribution < 1.29 is 17.9 Å². The average molecular weight is 455 g/mol. The molecule has 0 saturated carbocycles. The van der Waals surface area contributed by atoms with E-state index in [9.17, 15) is 13.2 Å². The van der Waals surface area contributed by atoms with E-state index in [1.165, 1.54) is 0 Å². The number of hydrogen-bond acceptors (Lipinski definition) is 6. The van der Waals surface area contributed by atoms with E-state index in [1.54, 1.807) is 42.7 Å². The largest absolute Gasteiger partial charge is 0.457 e. The van der Waals surface area contributed by atoms with Gasteiger partial charge in [-0.1, -0.05) is 23.8 Å². The number of benzene rings is 2. The number of rotatable bonds is 10. The molecule has 1 aromatic heterocycles. The number of carbonyl (C=O) groups excluding carboxylic acids is 1. The monoisotopic (exact) mass is 454 g/mol. The molecule has 2 aromatic carbocycles. The molecule has 3 N–H and O–H groups in total. The van der Waals surface area contributed by atoms with E-state index < -0.39 is 22.0 Å². The summed E-state index contributed by atoms with van der Waals surface area (Å²) in [4.78, 5) is 16.0. The molecule has 0 spiro atoms. The van der Waals surface area contributed by atoms with Crippen molar-refractivity contribution in [3.8, 4) is 11.5 Å². The Morgan fingerprint density at radius 1 is 1.09 bits per heavy atom. The predicted octanol–water partition coefficient (Wildman–Crippen LogP) is 2.59. The summed E-state index contributed by atoms with van der Waals surface area (Å²) in [5.74, 6) is 0.589. The number of sulfonamides is 1. The molecular formula is C23H26N4O4S. The van der Waals surface area contributed by atoms with Crippen LogP contribution in [0.4, 0.5) is 5.69 Å². The summed E-state index contributed by atoms with van der Waals surface area (Å²) in [5.41, 5.74) is 7.91. The van der Waals surface area contributed by atoms with Gasteiger partial charge in [0.2, 0.25) is 15.9 Å². The number of pyridine rings is 1. The highest BCUT2D eigenvalue weighted by Crippen LogP contribution is 2.26. The molecule has 0 aliphatic heterocycles. The Morgan fingerprint density at radius 2 is 1.72 bits per heavy atom. The lowest BCUT2D eigenvalue weighted by Gasteiger charge is -2.27. The van der Waals surface area contributed by atoms with Gasteiger partial charge in [0.15, 0.2) is 0 Å². The second-order valence-electron chi connectivity index (χ2n) is 7.40. The third kappa shape index (κ3) is 6.53. The molecule has 0 radical (unpaired) electrons. The van der Waals surface area contributed by atoms with Crippen molar-refractivity contribution in [2.75, 3.05) is 17.1 Å². The molecule has 1 amide bonds. The average Bonchev–Trinajstić information content (AvgIpc) is 2.76. The summed E-state index contributed by atoms with van der Waals surface area (Å²) in [6, 6.07) is 16.9. The van der Waals surface area contributed by atoms with Crippen LogP contribution in [-0.2, 0) is 21.4 Å². The van der Waals surface area contributed by atoms with Crippen LogP contribution in [0.5, 0.6) is 11.5 Å². The maximum Gasteiger partial charge on any atom is 0.236 e. The van der Waals surface area contributed by atoms with Crippen molar-refractivity contribution in [3.63, 3.8) is 0 Å². The minimum absolute atomic E-state index is 0.146. The van der Waals surface area contributed by atoms with Crippen molar-refractivity contribution in [2.24, 2.45) is 5.73 Å². The molecule has 9 heteroatoms. The van der Waals surface area contributed by atoms with E-state index in [1.807, 2.05) is 37.3 Å². The Hall–Kier alpha value is -3.43. The van der Waals surface area contributed by atoms with Gasteiger partial charge in [0.25, 0.3) is 0 Å². The third-order valence-corrected chi connectivity index (χ3v) is 5.91. The van der Waals surface area contributed by atoms with Gasteiger partial charge in [-0.15, -0.1) is 0 Å². The normalized spacial score (nSPS) is 12.2. The number of nitrogens with two attached hydrogens (primary N) is 1. The van der Waals surface area contributed by atoms with Crippen LogP contribution in [0.1, 0.15) is 11.1 Å². The van der Waals surface area contributed by atoms with Gasteiger partial charge in [-0.25, -0.2) is 8.42 Å². The van der Waals surface area contributed by atoms with Crippen molar-refractivity contribution in [2.45, 2.75) is 19.5 Å². The van der Waals surface area contributed by atoms with Crippen LogP contribution in [-0.4, -0.2) is 38.2 Å². The number of primary amides is 1. The molecule has 32 heavy (non-hydrogen) atoms. The van der Waals surface area contributed by atoms with E-state index >= 15 is 0 Å². The first-order valence-corrected chi connectivity index (χ1v) is 11.8. The first-order chi connectivity index (χ1) is 15.2. The molecule has 8 nitrogen and oxygen atoms in total. The number of nitrogens with zero attached hydrogens (tertiary/aromatic N) is 2. The number of carbonyl (C=O) groups is 1. The second kappa shape index (κ2) is 10.3. The zero-order valence-electron chi connectivity index (χ0n) is 17.9. The number of anilines is 1. The summed E-state index contributed by atoms with van der Waals surface area (Å²) in [6.07, 6.45) is 4.39. The topological polar surface area (TPSA) is 115 Å². The van der Waals surface area contributed by atoms with Gasteiger partial charge in [0.05, 0.1) is 18.5 Å². The summed E-state index contributed by atoms with van der Waals surface area (Å²) >= 11 is 0. The van der Waals surface area contributed by atoms with E-state index in [-0.39, 0.29) is 6.54 Å². The summed E-state index contributed by atoms with van der Waals surface area (Å²) < 4.78 is 31.9. The Balaban J connectivity index is 1.74. The van der Waals surface area contributed by atoms with Crippen LogP contribution in [0, 0.1) is 6.92 Å². The summed E-state index contributed by atoms with van der Waals surface area (Å²) in [7, 11) is -3.67. The quantitative estimate of drug-likeness (QED) is 0.487. The minimum Gasteiger partial charge on any atom is -0.457 e. The van der Waals surface area contributed by atoms with Crippen molar-refractivity contribution in [1.29, 1.82) is 0 Å². The highest BCUT2D eigenvalue weighted by molar-refractivity contribution is 7.92. The number of aryl methyl sites for hydroxylation is 1. The smallest absolute Gasteiger partial charge is 0.236 e. The molecule has 168 valence electrons. The molecule has 0 aliphatic rings. The molecule has 3 rings (SSSR count). The molecule has 3 aromatic rings. The van der Waals surface area contributed by atoms with Gasteiger partial charge < -0.3 is 15.8 Å². The zero-order valence-corrected chi connectivity index (χ0v) is 18.7. The highest BCUT2D eigenvalue weighted by atomic mass is 32.2. The van der Waals surface area contributed by atoms with E-state index in [0.29, 0.717) is 23.7 Å². The third-order valence-electron chi connectivity index (χ3n) is 4.75. The van der Waals surface area contributed by atoms with Crippen molar-refractivity contribution in [3.05, 3.63) is 84.2 Å². The Morgan fingerprint density at radius 3 is 2.25 bits per heavy atom. The first kappa shape index (κ1) is 23.2. The summed E-state index contributed by atoms with van der Waals surface area (Å²) in [5, 5.41) is 3.01. The number of nitrogens with one attached hydrogen (secondary N) is 1. The van der Waals surface area contributed by atoms with Gasteiger partial charge in [-0.3, -0.25) is 14.1 Å². The number of ether oxygens (including phenoxy) is 1. The lowest BCUT2D eigenvalue weighted by Crippen LogP contribution is -2.50. The van der Waals surface area contributed by atoms with E-state index in [2.05, 4.69) is 10.3 Å². The van der Waals surface area contributed by atoms with E-state index in [0.717, 1.165) is 21.7 Å². The zero-order chi connectivity index (χ0) is 23.1. The van der Waals surface area contributed by atoms with Crippen molar-refractivity contribution >= 4 is 21.6 Å². The standard InChI is InChI=1S/C23H26N4O4S/c1-17-5-9-20(10-6-17)31-21-11-7-19(8-12-21)27(32(2,29)30)16-22(23(24)28)26-15-18-4-3-13-25-14-18/h3-14,22,26H,15-16H2,1-2H3,(H2,24,28)/t22-/m0/s1. The van der Waals surface area contributed by atoms with Crippen LogP contribution in [0.2, 0.25) is 0 Å². The van der Waals surface area contributed by atoms with Crippen LogP contribution in [0.15, 0.2) is 73.1 Å². The predicted molar refractivity (Wildman–Crippen MR) is 124 cm³/mol. The minimum atomic E-state index is -3.67. The van der Waals surface area contributed by atoms with Crippen molar-refractivity contribution in [1.82, 2.24) is 10.3 Å². The fraction of sp³-hybridized carbons (Fsp3) is 0.217.